The number of hydrogen-bond acceptors (Lipinski definition) is 3. The molecule has 0 saturated carbocycles. The molecule has 1 heterocycles. The molecule has 1 unspecified atom stereocenters. The average Bonchev–Trinajstić information content (AvgIpc) is 2.38. The molecule has 0 radical (unpaired) electrons. The van der Waals surface area contributed by atoms with Crippen molar-refractivity contribution in [2.75, 3.05) is 0 Å². The lowest BCUT2D eigenvalue weighted by Gasteiger charge is -2.14. The van der Waals surface area contributed by atoms with Crippen molar-refractivity contribution in [3.8, 4) is 0 Å². The summed E-state index contributed by atoms with van der Waals surface area (Å²) in [6.45, 7) is 0. The minimum absolute atomic E-state index is 0.112. The number of halogens is 4. The number of benzene rings is 1. The number of hydrogen-bond donors (Lipinski definition) is 1. The lowest BCUT2D eigenvalue weighted by molar-refractivity contribution is -0.137. The largest absolute Gasteiger partial charge is 0.416 e. The molecule has 1 atom stereocenters. The number of rotatable bonds is 2. The first-order valence-electron chi connectivity index (χ1n) is 5.19. The molecule has 0 aliphatic heterocycles. The first kappa shape index (κ1) is 13.4. The Hall–Kier alpha value is -2.02. The van der Waals surface area contributed by atoms with Gasteiger partial charge in [0, 0.05) is 23.5 Å². The second-order valence-electron chi connectivity index (χ2n) is 3.81. The standard InChI is InChI=1S/C12H8F4N2O/c13-10-2-1-8(12(14,15)16)3-9(10)11(19)7-4-17-6-18-5-7/h1-6,11,19H. The van der Waals surface area contributed by atoms with Crippen LogP contribution in [0.25, 0.3) is 0 Å². The highest BCUT2D eigenvalue weighted by atomic mass is 19.4. The second-order valence-corrected chi connectivity index (χ2v) is 3.81. The van der Waals surface area contributed by atoms with E-state index in [-0.39, 0.29) is 5.56 Å². The Kier molecular flexibility index (Phi) is 3.48. The zero-order valence-corrected chi connectivity index (χ0v) is 9.39. The SMILES string of the molecule is OC(c1cncnc1)c1cc(C(F)(F)F)ccc1F. The van der Waals surface area contributed by atoms with Gasteiger partial charge >= 0.3 is 6.18 Å². The highest BCUT2D eigenvalue weighted by Crippen LogP contribution is 2.33. The van der Waals surface area contributed by atoms with E-state index < -0.39 is 29.2 Å². The third-order valence-corrected chi connectivity index (χ3v) is 2.51. The normalized spacial score (nSPS) is 13.3. The van der Waals surface area contributed by atoms with Crippen LogP contribution >= 0.6 is 0 Å². The molecule has 1 aromatic carbocycles. The molecule has 0 amide bonds. The summed E-state index contributed by atoms with van der Waals surface area (Å²) in [6, 6.07) is 1.87. The van der Waals surface area contributed by atoms with E-state index >= 15 is 0 Å². The zero-order valence-electron chi connectivity index (χ0n) is 9.39. The fraction of sp³-hybridized carbons (Fsp3) is 0.167. The Morgan fingerprint density at radius 2 is 1.74 bits per heavy atom. The van der Waals surface area contributed by atoms with Crippen LogP contribution in [0.1, 0.15) is 22.8 Å². The molecular formula is C12H8F4N2O. The predicted octanol–water partition coefficient (Wildman–Crippen LogP) is 2.72. The van der Waals surface area contributed by atoms with Crippen LogP contribution < -0.4 is 0 Å². The molecular weight excluding hydrogens is 264 g/mol. The van der Waals surface area contributed by atoms with Gasteiger partial charge in [0.2, 0.25) is 0 Å². The van der Waals surface area contributed by atoms with E-state index in [1.807, 2.05) is 0 Å². The number of aliphatic hydroxyl groups is 1. The van der Waals surface area contributed by atoms with E-state index in [0.29, 0.717) is 18.2 Å². The number of aliphatic hydroxyl groups excluding tert-OH is 1. The summed E-state index contributed by atoms with van der Waals surface area (Å²) >= 11 is 0. The molecule has 3 nitrogen and oxygen atoms in total. The Morgan fingerprint density at radius 3 is 2.32 bits per heavy atom. The first-order chi connectivity index (χ1) is 8.89. The fourth-order valence-corrected chi connectivity index (χ4v) is 1.56. The van der Waals surface area contributed by atoms with Crippen LogP contribution in [-0.4, -0.2) is 15.1 Å². The lowest BCUT2D eigenvalue weighted by Crippen LogP contribution is -2.09. The molecule has 0 aliphatic carbocycles. The summed E-state index contributed by atoms with van der Waals surface area (Å²) in [5.74, 6) is -0.927. The monoisotopic (exact) mass is 272 g/mol. The van der Waals surface area contributed by atoms with E-state index in [2.05, 4.69) is 9.97 Å². The topological polar surface area (TPSA) is 46.0 Å². The van der Waals surface area contributed by atoms with Crippen molar-refractivity contribution in [3.63, 3.8) is 0 Å². The van der Waals surface area contributed by atoms with Crippen molar-refractivity contribution in [1.29, 1.82) is 0 Å². The van der Waals surface area contributed by atoms with Crippen molar-refractivity contribution in [2.24, 2.45) is 0 Å². The van der Waals surface area contributed by atoms with E-state index in [0.717, 1.165) is 0 Å². The summed E-state index contributed by atoms with van der Waals surface area (Å²) in [5.41, 5.74) is -1.38. The minimum Gasteiger partial charge on any atom is -0.383 e. The zero-order chi connectivity index (χ0) is 14.0. The number of nitrogens with zero attached hydrogens (tertiary/aromatic N) is 2. The van der Waals surface area contributed by atoms with Gasteiger partial charge in [0.1, 0.15) is 18.2 Å². The van der Waals surface area contributed by atoms with Crippen LogP contribution in [0.3, 0.4) is 0 Å². The molecule has 2 rings (SSSR count). The van der Waals surface area contributed by atoms with Crippen LogP contribution in [0, 0.1) is 5.82 Å². The molecule has 100 valence electrons. The van der Waals surface area contributed by atoms with Crippen molar-refractivity contribution in [3.05, 3.63) is 59.4 Å². The van der Waals surface area contributed by atoms with Crippen molar-refractivity contribution in [2.45, 2.75) is 12.3 Å². The van der Waals surface area contributed by atoms with Crippen LogP contribution in [0.4, 0.5) is 17.6 Å². The van der Waals surface area contributed by atoms with E-state index in [9.17, 15) is 22.7 Å². The molecule has 0 bridgehead atoms. The third kappa shape index (κ3) is 2.87. The van der Waals surface area contributed by atoms with Gasteiger partial charge in [-0.2, -0.15) is 13.2 Å². The maximum absolute atomic E-state index is 13.5. The van der Waals surface area contributed by atoms with Gasteiger partial charge in [0.25, 0.3) is 0 Å². The molecule has 7 heteroatoms. The van der Waals surface area contributed by atoms with Gasteiger partial charge in [-0.3, -0.25) is 0 Å². The van der Waals surface area contributed by atoms with Gasteiger partial charge in [-0.15, -0.1) is 0 Å². The highest BCUT2D eigenvalue weighted by molar-refractivity contribution is 5.33. The van der Waals surface area contributed by atoms with E-state index in [1.165, 1.54) is 18.7 Å². The Morgan fingerprint density at radius 1 is 1.11 bits per heavy atom. The third-order valence-electron chi connectivity index (χ3n) is 2.51. The van der Waals surface area contributed by atoms with E-state index in [4.69, 9.17) is 0 Å². The van der Waals surface area contributed by atoms with Gasteiger partial charge in [0.15, 0.2) is 0 Å². The van der Waals surface area contributed by atoms with Crippen molar-refractivity contribution >= 4 is 0 Å². The summed E-state index contributed by atoms with van der Waals surface area (Å²) in [6.07, 6.45) is -2.55. The molecule has 1 aromatic heterocycles. The molecule has 19 heavy (non-hydrogen) atoms. The van der Waals surface area contributed by atoms with Crippen LogP contribution in [0.5, 0.6) is 0 Å². The first-order valence-corrected chi connectivity index (χ1v) is 5.19. The van der Waals surface area contributed by atoms with Gasteiger partial charge < -0.3 is 5.11 Å². The molecule has 0 saturated heterocycles. The van der Waals surface area contributed by atoms with Crippen molar-refractivity contribution in [1.82, 2.24) is 9.97 Å². The molecule has 0 spiro atoms. The van der Waals surface area contributed by atoms with Gasteiger partial charge in [-0.05, 0) is 18.2 Å². The molecule has 1 N–H and O–H groups in total. The average molecular weight is 272 g/mol. The number of alkyl halides is 3. The summed E-state index contributed by atoms with van der Waals surface area (Å²) in [5, 5.41) is 9.88. The Bertz CT molecular complexity index is 572. The Labute approximate surface area is 105 Å². The van der Waals surface area contributed by atoms with Crippen LogP contribution in [-0.2, 0) is 6.18 Å². The minimum atomic E-state index is -4.60. The van der Waals surface area contributed by atoms with Gasteiger partial charge in [-0.1, -0.05) is 0 Å². The lowest BCUT2D eigenvalue weighted by atomic mass is 10.0. The second kappa shape index (κ2) is 4.93. The van der Waals surface area contributed by atoms with Crippen LogP contribution in [0.15, 0.2) is 36.9 Å². The van der Waals surface area contributed by atoms with Crippen LogP contribution in [0.2, 0.25) is 0 Å². The number of aromatic nitrogens is 2. The summed E-state index contributed by atoms with van der Waals surface area (Å²) in [7, 11) is 0. The fourth-order valence-electron chi connectivity index (χ4n) is 1.56. The maximum atomic E-state index is 13.5. The molecule has 0 aliphatic rings. The Balaban J connectivity index is 2.45. The predicted molar refractivity (Wildman–Crippen MR) is 57.5 cm³/mol. The quantitative estimate of drug-likeness (QED) is 0.855. The van der Waals surface area contributed by atoms with Gasteiger partial charge in [0.05, 0.1) is 5.56 Å². The maximum Gasteiger partial charge on any atom is 0.416 e. The van der Waals surface area contributed by atoms with Crippen molar-refractivity contribution < 1.29 is 22.7 Å². The summed E-state index contributed by atoms with van der Waals surface area (Å²) in [4.78, 5) is 7.23. The molecule has 0 fully saturated rings. The van der Waals surface area contributed by atoms with Gasteiger partial charge in [-0.25, -0.2) is 14.4 Å². The summed E-state index contributed by atoms with van der Waals surface area (Å²) < 4.78 is 51.1. The smallest absolute Gasteiger partial charge is 0.383 e. The van der Waals surface area contributed by atoms with E-state index in [1.54, 1.807) is 0 Å². The highest BCUT2D eigenvalue weighted by Gasteiger charge is 2.32. The molecule has 2 aromatic rings.